The minimum atomic E-state index is -0.299. The number of H-pyrrole nitrogens is 1. The number of benzene rings is 3. The molecule has 6 heteroatoms. The maximum absolute atomic E-state index is 13.2. The van der Waals surface area contributed by atoms with E-state index in [1.165, 1.54) is 17.7 Å². The van der Waals surface area contributed by atoms with E-state index in [0.29, 0.717) is 18.0 Å². The van der Waals surface area contributed by atoms with Gasteiger partial charge in [-0.2, -0.15) is 0 Å². The number of carbonyl (C=O) groups excluding carboxylic acids is 1. The lowest BCUT2D eigenvalue weighted by atomic mass is 9.87. The van der Waals surface area contributed by atoms with Crippen molar-refractivity contribution in [1.29, 1.82) is 0 Å². The summed E-state index contributed by atoms with van der Waals surface area (Å²) in [6, 6.07) is 18.1. The molecule has 0 saturated heterocycles. The van der Waals surface area contributed by atoms with Crippen molar-refractivity contribution in [2.24, 2.45) is 0 Å². The molecule has 0 radical (unpaired) electrons. The van der Waals surface area contributed by atoms with Crippen molar-refractivity contribution in [1.82, 2.24) is 10.3 Å². The normalized spacial score (nSPS) is 11.9. The fourth-order valence-corrected chi connectivity index (χ4v) is 4.38. The van der Waals surface area contributed by atoms with E-state index in [4.69, 9.17) is 9.47 Å². The van der Waals surface area contributed by atoms with Crippen molar-refractivity contribution in [3.8, 4) is 11.5 Å². The third-order valence-electron chi connectivity index (χ3n) is 6.20. The zero-order valence-corrected chi connectivity index (χ0v) is 19.7. The van der Waals surface area contributed by atoms with Crippen LogP contribution in [0.2, 0.25) is 0 Å². The minimum absolute atomic E-state index is 0.104. The molecule has 1 heterocycles. The Hall–Kier alpha value is -3.80. The van der Waals surface area contributed by atoms with Crippen LogP contribution >= 0.6 is 0 Å². The number of methoxy groups -OCH3 is 2. The molecule has 3 aromatic carbocycles. The number of para-hydroxylation sites is 1. The second kappa shape index (κ2) is 10.4. The molecule has 1 aromatic heterocycles. The lowest BCUT2D eigenvalue weighted by molar-refractivity contribution is -0.121. The number of hydrogen-bond acceptors (Lipinski definition) is 3. The quantitative estimate of drug-likeness (QED) is 0.336. The number of aryl methyl sites for hydroxylation is 1. The zero-order chi connectivity index (χ0) is 24.1. The van der Waals surface area contributed by atoms with Crippen LogP contribution in [0.1, 0.15) is 41.5 Å². The Labute approximate surface area is 198 Å². The molecule has 2 N–H and O–H groups in total. The van der Waals surface area contributed by atoms with Crippen LogP contribution in [0.4, 0.5) is 4.39 Å². The van der Waals surface area contributed by atoms with Crippen LogP contribution in [0.3, 0.4) is 0 Å². The van der Waals surface area contributed by atoms with Crippen LogP contribution in [0.25, 0.3) is 10.9 Å². The fourth-order valence-electron chi connectivity index (χ4n) is 4.38. The zero-order valence-electron chi connectivity index (χ0n) is 19.7. The van der Waals surface area contributed by atoms with E-state index in [0.717, 1.165) is 34.0 Å². The monoisotopic (exact) mass is 460 g/mol. The summed E-state index contributed by atoms with van der Waals surface area (Å²) in [5, 5.41) is 4.07. The van der Waals surface area contributed by atoms with Gasteiger partial charge in [-0.3, -0.25) is 4.79 Å². The molecule has 1 atom stereocenters. The Balaban J connectivity index is 1.69. The molecule has 1 amide bonds. The van der Waals surface area contributed by atoms with Crippen molar-refractivity contribution in [2.75, 3.05) is 14.2 Å². The summed E-state index contributed by atoms with van der Waals surface area (Å²) >= 11 is 0. The molecule has 1 unspecified atom stereocenters. The first-order valence-electron chi connectivity index (χ1n) is 11.4. The van der Waals surface area contributed by atoms with Gasteiger partial charge in [-0.1, -0.05) is 43.3 Å². The summed E-state index contributed by atoms with van der Waals surface area (Å²) in [6.45, 7) is 2.46. The lowest BCUT2D eigenvalue weighted by Gasteiger charge is -2.20. The number of nitrogens with one attached hydrogen (secondary N) is 2. The maximum atomic E-state index is 13.2. The SMILES string of the molecule is CCc1cccc2c(C(CC(=O)NCc3ccc(F)cc3)c3ccc(OC)cc3OC)c[nH]c12. The average Bonchev–Trinajstić information content (AvgIpc) is 3.30. The Morgan fingerprint density at radius 3 is 2.53 bits per heavy atom. The van der Waals surface area contributed by atoms with Crippen molar-refractivity contribution in [3.05, 3.63) is 94.9 Å². The van der Waals surface area contributed by atoms with Gasteiger partial charge in [0.05, 0.1) is 14.2 Å². The van der Waals surface area contributed by atoms with Gasteiger partial charge >= 0.3 is 0 Å². The highest BCUT2D eigenvalue weighted by molar-refractivity contribution is 5.88. The van der Waals surface area contributed by atoms with E-state index in [2.05, 4.69) is 35.4 Å². The molecule has 5 nitrogen and oxygen atoms in total. The third kappa shape index (κ3) is 4.91. The number of halogens is 1. The molecular weight excluding hydrogens is 431 g/mol. The third-order valence-corrected chi connectivity index (χ3v) is 6.20. The number of rotatable bonds is 9. The molecule has 0 fully saturated rings. The first-order chi connectivity index (χ1) is 16.5. The van der Waals surface area contributed by atoms with Crippen LogP contribution in [0.15, 0.2) is 66.9 Å². The highest BCUT2D eigenvalue weighted by Gasteiger charge is 2.25. The van der Waals surface area contributed by atoms with Crippen molar-refractivity contribution < 1.29 is 18.7 Å². The Kier molecular flexibility index (Phi) is 7.16. The summed E-state index contributed by atoms with van der Waals surface area (Å²) in [4.78, 5) is 16.5. The van der Waals surface area contributed by atoms with Gasteiger partial charge in [-0.15, -0.1) is 0 Å². The summed E-state index contributed by atoms with van der Waals surface area (Å²) in [5.41, 5.74) is 5.09. The molecule has 4 aromatic rings. The molecule has 4 rings (SSSR count). The number of aromatic nitrogens is 1. The highest BCUT2D eigenvalue weighted by Crippen LogP contribution is 2.40. The Morgan fingerprint density at radius 2 is 1.82 bits per heavy atom. The molecule has 0 aliphatic heterocycles. The van der Waals surface area contributed by atoms with Gasteiger partial charge in [0.25, 0.3) is 0 Å². The molecule has 0 aliphatic rings. The molecule has 34 heavy (non-hydrogen) atoms. The lowest BCUT2D eigenvalue weighted by Crippen LogP contribution is -2.25. The number of ether oxygens (including phenoxy) is 2. The van der Waals surface area contributed by atoms with Crippen molar-refractivity contribution in [2.45, 2.75) is 32.2 Å². The summed E-state index contributed by atoms with van der Waals surface area (Å²) in [5.74, 6) is 0.708. The first-order valence-corrected chi connectivity index (χ1v) is 11.4. The number of amides is 1. The maximum Gasteiger partial charge on any atom is 0.221 e. The topological polar surface area (TPSA) is 63.4 Å². The van der Waals surface area contributed by atoms with Crippen LogP contribution in [0.5, 0.6) is 11.5 Å². The minimum Gasteiger partial charge on any atom is -0.497 e. The average molecular weight is 461 g/mol. The van der Waals surface area contributed by atoms with Gasteiger partial charge in [0.2, 0.25) is 5.91 Å². The fraction of sp³-hybridized carbons (Fsp3) is 0.250. The van der Waals surface area contributed by atoms with Crippen molar-refractivity contribution >= 4 is 16.8 Å². The number of aromatic amines is 1. The van der Waals surface area contributed by atoms with Gasteiger partial charge in [-0.25, -0.2) is 4.39 Å². The van der Waals surface area contributed by atoms with E-state index in [-0.39, 0.29) is 24.1 Å². The number of fused-ring (bicyclic) bond motifs is 1. The molecule has 0 aliphatic carbocycles. The number of carbonyl (C=O) groups is 1. The van der Waals surface area contributed by atoms with E-state index < -0.39 is 0 Å². The molecule has 0 saturated carbocycles. The highest BCUT2D eigenvalue weighted by atomic mass is 19.1. The smallest absolute Gasteiger partial charge is 0.221 e. The largest absolute Gasteiger partial charge is 0.497 e. The van der Waals surface area contributed by atoms with Crippen LogP contribution in [0, 0.1) is 5.82 Å². The van der Waals surface area contributed by atoms with Crippen LogP contribution < -0.4 is 14.8 Å². The van der Waals surface area contributed by atoms with Gasteiger partial charge in [0, 0.05) is 47.6 Å². The van der Waals surface area contributed by atoms with E-state index in [9.17, 15) is 9.18 Å². The number of hydrogen-bond donors (Lipinski definition) is 2. The molecule has 0 bridgehead atoms. The summed E-state index contributed by atoms with van der Waals surface area (Å²) in [7, 11) is 3.23. The van der Waals surface area contributed by atoms with Gasteiger partial charge in [-0.05, 0) is 41.3 Å². The van der Waals surface area contributed by atoms with Crippen molar-refractivity contribution in [3.63, 3.8) is 0 Å². The van der Waals surface area contributed by atoms with E-state index in [1.54, 1.807) is 26.4 Å². The standard InChI is InChI=1S/C28H29FN2O3/c1-4-19-6-5-7-23-25(17-31-28(19)23)24(22-13-12-21(33-2)14-26(22)34-3)15-27(32)30-16-18-8-10-20(29)11-9-18/h5-14,17,24,31H,4,15-16H2,1-3H3,(H,30,32). The van der Waals surface area contributed by atoms with Gasteiger partial charge in [0.15, 0.2) is 0 Å². The predicted octanol–water partition coefficient (Wildman–Crippen LogP) is 5.73. The van der Waals surface area contributed by atoms with E-state index in [1.807, 2.05) is 24.4 Å². The molecule has 176 valence electrons. The summed E-state index contributed by atoms with van der Waals surface area (Å²) < 4.78 is 24.3. The second-order valence-corrected chi connectivity index (χ2v) is 8.21. The van der Waals surface area contributed by atoms with E-state index >= 15 is 0 Å². The first kappa shape index (κ1) is 23.4. The molecule has 0 spiro atoms. The second-order valence-electron chi connectivity index (χ2n) is 8.21. The Bertz CT molecular complexity index is 1280. The Morgan fingerprint density at radius 1 is 1.03 bits per heavy atom. The van der Waals surface area contributed by atoms with Gasteiger partial charge in [0.1, 0.15) is 17.3 Å². The van der Waals surface area contributed by atoms with Gasteiger partial charge < -0.3 is 19.8 Å². The molecular formula is C28H29FN2O3. The van der Waals surface area contributed by atoms with Crippen LogP contribution in [-0.2, 0) is 17.8 Å². The van der Waals surface area contributed by atoms with Crippen LogP contribution in [-0.4, -0.2) is 25.1 Å². The summed E-state index contributed by atoms with van der Waals surface area (Å²) in [6.07, 6.45) is 3.13. The predicted molar refractivity (Wildman–Crippen MR) is 132 cm³/mol.